The maximum Gasteiger partial charge on any atom is 0.175 e. The summed E-state index contributed by atoms with van der Waals surface area (Å²) in [4.78, 5) is 9.45. The van der Waals surface area contributed by atoms with E-state index >= 15 is 0 Å². The maximum absolute atomic E-state index is 4.84. The molecular formula is C20H19N3S. The van der Waals surface area contributed by atoms with Gasteiger partial charge in [0.05, 0.1) is 5.69 Å². The Labute approximate surface area is 145 Å². The van der Waals surface area contributed by atoms with Crippen molar-refractivity contribution in [3.63, 3.8) is 0 Å². The minimum atomic E-state index is 0.0731. The van der Waals surface area contributed by atoms with Crippen LogP contribution in [0.25, 0.3) is 27.6 Å². The first-order chi connectivity index (χ1) is 11.5. The fourth-order valence-corrected chi connectivity index (χ4v) is 3.82. The summed E-state index contributed by atoms with van der Waals surface area (Å²) in [7, 11) is 0. The molecule has 2 heterocycles. The Hall–Kier alpha value is -2.33. The standard InChI is InChI=1S/C20H19N3S/c1-20(2,3)24-19-22-16-11-7-13-21-18(16)23(19)17-12-6-9-14-8-4-5-10-15(14)17/h4-13H,1-3H3. The van der Waals surface area contributed by atoms with Crippen LogP contribution in [0.5, 0.6) is 0 Å². The molecular weight excluding hydrogens is 314 g/mol. The molecule has 0 unspecified atom stereocenters. The van der Waals surface area contributed by atoms with Crippen LogP contribution < -0.4 is 0 Å². The van der Waals surface area contributed by atoms with E-state index in [9.17, 15) is 0 Å². The van der Waals surface area contributed by atoms with Crippen LogP contribution in [-0.2, 0) is 0 Å². The molecule has 24 heavy (non-hydrogen) atoms. The van der Waals surface area contributed by atoms with Gasteiger partial charge >= 0.3 is 0 Å². The van der Waals surface area contributed by atoms with Crippen molar-refractivity contribution in [2.24, 2.45) is 0 Å². The Morgan fingerprint density at radius 3 is 2.54 bits per heavy atom. The van der Waals surface area contributed by atoms with Gasteiger partial charge in [0.1, 0.15) is 5.52 Å². The van der Waals surface area contributed by atoms with Gasteiger partial charge < -0.3 is 0 Å². The molecule has 0 bridgehead atoms. The molecule has 0 radical (unpaired) electrons. The van der Waals surface area contributed by atoms with Gasteiger partial charge in [-0.25, -0.2) is 9.97 Å². The topological polar surface area (TPSA) is 30.7 Å². The molecule has 0 fully saturated rings. The first-order valence-corrected chi connectivity index (χ1v) is 8.85. The number of benzene rings is 2. The summed E-state index contributed by atoms with van der Waals surface area (Å²) < 4.78 is 2.26. The number of pyridine rings is 1. The molecule has 0 N–H and O–H groups in total. The first kappa shape index (κ1) is 15.2. The van der Waals surface area contributed by atoms with Crippen molar-refractivity contribution in [3.05, 3.63) is 60.8 Å². The van der Waals surface area contributed by atoms with Crippen molar-refractivity contribution in [2.75, 3.05) is 0 Å². The maximum atomic E-state index is 4.84. The monoisotopic (exact) mass is 333 g/mol. The summed E-state index contributed by atoms with van der Waals surface area (Å²) in [6.07, 6.45) is 1.83. The molecule has 0 aliphatic heterocycles. The Balaban J connectivity index is 2.06. The zero-order valence-electron chi connectivity index (χ0n) is 14.0. The van der Waals surface area contributed by atoms with Gasteiger partial charge in [-0.3, -0.25) is 4.57 Å². The van der Waals surface area contributed by atoms with Gasteiger partial charge in [0.25, 0.3) is 0 Å². The second-order valence-corrected chi connectivity index (χ2v) is 8.58. The van der Waals surface area contributed by atoms with Gasteiger partial charge in [-0.15, -0.1) is 0 Å². The first-order valence-electron chi connectivity index (χ1n) is 8.03. The molecule has 0 saturated carbocycles. The lowest BCUT2D eigenvalue weighted by Crippen LogP contribution is -2.10. The van der Waals surface area contributed by atoms with Crippen LogP contribution in [0, 0.1) is 0 Å². The van der Waals surface area contributed by atoms with Crippen molar-refractivity contribution in [3.8, 4) is 5.69 Å². The molecule has 3 nitrogen and oxygen atoms in total. The average Bonchev–Trinajstić information content (AvgIpc) is 2.90. The van der Waals surface area contributed by atoms with Crippen LogP contribution in [0.15, 0.2) is 66.0 Å². The third kappa shape index (κ3) is 2.67. The fourth-order valence-electron chi connectivity index (χ4n) is 2.85. The fraction of sp³-hybridized carbons (Fsp3) is 0.200. The van der Waals surface area contributed by atoms with Crippen LogP contribution in [0.2, 0.25) is 0 Å². The summed E-state index contributed by atoms with van der Waals surface area (Å²) in [5.41, 5.74) is 2.96. The minimum absolute atomic E-state index is 0.0731. The predicted octanol–water partition coefficient (Wildman–Crippen LogP) is 5.46. The van der Waals surface area contributed by atoms with E-state index in [-0.39, 0.29) is 4.75 Å². The van der Waals surface area contributed by atoms with Crippen LogP contribution in [0.1, 0.15) is 20.8 Å². The lowest BCUT2D eigenvalue weighted by Gasteiger charge is -2.18. The lowest BCUT2D eigenvalue weighted by molar-refractivity contribution is 0.787. The van der Waals surface area contributed by atoms with Crippen LogP contribution in [-0.4, -0.2) is 19.3 Å². The Morgan fingerprint density at radius 1 is 0.917 bits per heavy atom. The van der Waals surface area contributed by atoms with Crippen LogP contribution in [0.3, 0.4) is 0 Å². The Morgan fingerprint density at radius 2 is 1.71 bits per heavy atom. The van der Waals surface area contributed by atoms with Crippen molar-refractivity contribution in [1.82, 2.24) is 14.5 Å². The van der Waals surface area contributed by atoms with Gasteiger partial charge in [0, 0.05) is 16.3 Å². The van der Waals surface area contributed by atoms with E-state index in [1.165, 1.54) is 10.8 Å². The predicted molar refractivity (Wildman–Crippen MR) is 102 cm³/mol. The van der Waals surface area contributed by atoms with Gasteiger partial charge in [-0.05, 0) is 23.6 Å². The number of fused-ring (bicyclic) bond motifs is 2. The number of aromatic nitrogens is 3. The molecule has 4 rings (SSSR count). The highest BCUT2D eigenvalue weighted by atomic mass is 32.2. The van der Waals surface area contributed by atoms with E-state index < -0.39 is 0 Å². The Kier molecular flexibility index (Phi) is 3.57. The van der Waals surface area contributed by atoms with Crippen molar-refractivity contribution in [2.45, 2.75) is 30.7 Å². The van der Waals surface area contributed by atoms with Crippen LogP contribution in [0.4, 0.5) is 0 Å². The third-order valence-electron chi connectivity index (χ3n) is 3.79. The molecule has 4 aromatic rings. The number of thioether (sulfide) groups is 1. The summed E-state index contributed by atoms with van der Waals surface area (Å²) in [5, 5.41) is 3.41. The number of hydrogen-bond acceptors (Lipinski definition) is 3. The summed E-state index contributed by atoms with van der Waals surface area (Å²) in [6, 6.07) is 18.8. The normalized spacial score (nSPS) is 12.1. The largest absolute Gasteiger partial charge is 0.271 e. The number of nitrogens with zero attached hydrogens (tertiary/aromatic N) is 3. The molecule has 120 valence electrons. The lowest BCUT2D eigenvalue weighted by atomic mass is 10.1. The number of rotatable bonds is 2. The highest BCUT2D eigenvalue weighted by Crippen LogP contribution is 2.36. The van der Waals surface area contributed by atoms with Gasteiger partial charge in [0.15, 0.2) is 10.8 Å². The second-order valence-electron chi connectivity index (χ2n) is 6.79. The van der Waals surface area contributed by atoms with Gasteiger partial charge in [-0.1, -0.05) is 68.9 Å². The Bertz CT molecular complexity index is 1020. The molecule has 2 aromatic heterocycles. The summed E-state index contributed by atoms with van der Waals surface area (Å²) in [6.45, 7) is 6.62. The van der Waals surface area contributed by atoms with Crippen molar-refractivity contribution in [1.29, 1.82) is 0 Å². The van der Waals surface area contributed by atoms with E-state index in [0.29, 0.717) is 0 Å². The summed E-state index contributed by atoms with van der Waals surface area (Å²) in [5.74, 6) is 0. The summed E-state index contributed by atoms with van der Waals surface area (Å²) >= 11 is 1.77. The second kappa shape index (κ2) is 5.64. The third-order valence-corrected chi connectivity index (χ3v) is 4.86. The molecule has 0 aliphatic rings. The molecule has 2 aromatic carbocycles. The van der Waals surface area contributed by atoms with Crippen molar-refractivity contribution < 1.29 is 0 Å². The SMILES string of the molecule is CC(C)(C)Sc1nc2cccnc2n1-c1cccc2ccccc12. The van der Waals surface area contributed by atoms with E-state index in [1.54, 1.807) is 11.8 Å². The highest BCUT2D eigenvalue weighted by Gasteiger charge is 2.21. The van der Waals surface area contributed by atoms with Gasteiger partial charge in [-0.2, -0.15) is 0 Å². The van der Waals surface area contributed by atoms with E-state index in [4.69, 9.17) is 4.98 Å². The number of imidazole rings is 1. The molecule has 4 heteroatoms. The van der Waals surface area contributed by atoms with E-state index in [0.717, 1.165) is 22.0 Å². The smallest absolute Gasteiger partial charge is 0.175 e. The van der Waals surface area contributed by atoms with E-state index in [2.05, 4.69) is 72.8 Å². The molecule has 0 aliphatic carbocycles. The van der Waals surface area contributed by atoms with Crippen molar-refractivity contribution >= 4 is 33.7 Å². The van der Waals surface area contributed by atoms with Crippen LogP contribution >= 0.6 is 11.8 Å². The quantitative estimate of drug-likeness (QED) is 0.456. The van der Waals surface area contributed by atoms with Gasteiger partial charge in [0.2, 0.25) is 0 Å². The molecule has 0 saturated heterocycles. The number of hydrogen-bond donors (Lipinski definition) is 0. The van der Waals surface area contributed by atoms with E-state index in [1.807, 2.05) is 18.3 Å². The average molecular weight is 333 g/mol. The highest BCUT2D eigenvalue weighted by molar-refractivity contribution is 8.00. The zero-order valence-corrected chi connectivity index (χ0v) is 14.8. The minimum Gasteiger partial charge on any atom is -0.271 e. The molecule has 0 atom stereocenters. The molecule has 0 amide bonds. The zero-order chi connectivity index (χ0) is 16.7. The molecule has 0 spiro atoms.